The van der Waals surface area contributed by atoms with Gasteiger partial charge in [0.05, 0.1) is 6.04 Å². The van der Waals surface area contributed by atoms with Crippen LogP contribution < -0.4 is 10.7 Å². The van der Waals surface area contributed by atoms with Gasteiger partial charge in [0, 0.05) is 36.6 Å². The summed E-state index contributed by atoms with van der Waals surface area (Å²) in [4.78, 5) is 11.0. The van der Waals surface area contributed by atoms with E-state index in [9.17, 15) is 13.6 Å². The van der Waals surface area contributed by atoms with E-state index in [4.69, 9.17) is 0 Å². The Hall–Kier alpha value is -2.01. The lowest BCUT2D eigenvalue weighted by molar-refractivity contribution is 0.445. The van der Waals surface area contributed by atoms with Gasteiger partial charge in [-0.15, -0.1) is 0 Å². The van der Waals surface area contributed by atoms with Crippen LogP contribution in [0.2, 0.25) is 0 Å². The van der Waals surface area contributed by atoms with Gasteiger partial charge in [-0.05, 0) is 13.1 Å². The first kappa shape index (κ1) is 13.4. The highest BCUT2D eigenvalue weighted by atomic mass is 19.2. The Bertz CT molecular complexity index is 605. The summed E-state index contributed by atoms with van der Waals surface area (Å²) in [6.45, 7) is 0.400. The van der Waals surface area contributed by atoms with Crippen LogP contribution in [0.15, 0.2) is 47.5 Å². The highest BCUT2D eigenvalue weighted by molar-refractivity contribution is 5.22. The van der Waals surface area contributed by atoms with Gasteiger partial charge in [0.25, 0.3) is 0 Å². The van der Waals surface area contributed by atoms with Crippen molar-refractivity contribution in [3.05, 3.63) is 70.1 Å². The molecule has 1 N–H and O–H groups in total. The third-order valence-electron chi connectivity index (χ3n) is 2.96. The SMILES string of the molecule is CNC(Cn1ccc(=O)cc1)c1cccc(F)c1F. The van der Waals surface area contributed by atoms with Crippen molar-refractivity contribution in [2.45, 2.75) is 12.6 Å². The molecule has 1 unspecified atom stereocenters. The Labute approximate surface area is 109 Å². The molecule has 0 saturated heterocycles. The smallest absolute Gasteiger partial charge is 0.181 e. The van der Waals surface area contributed by atoms with E-state index in [1.807, 2.05) is 0 Å². The monoisotopic (exact) mass is 264 g/mol. The van der Waals surface area contributed by atoms with Crippen LogP contribution in [0.25, 0.3) is 0 Å². The minimum absolute atomic E-state index is 0.0887. The maximum Gasteiger partial charge on any atom is 0.181 e. The van der Waals surface area contributed by atoms with Crippen LogP contribution in [0.5, 0.6) is 0 Å². The topological polar surface area (TPSA) is 34.0 Å². The van der Waals surface area contributed by atoms with Crippen LogP contribution in [0, 0.1) is 11.6 Å². The van der Waals surface area contributed by atoms with E-state index in [2.05, 4.69) is 5.32 Å². The van der Waals surface area contributed by atoms with Crippen molar-refractivity contribution in [2.24, 2.45) is 0 Å². The second-order valence-electron chi connectivity index (χ2n) is 4.21. The minimum atomic E-state index is -0.863. The van der Waals surface area contributed by atoms with E-state index < -0.39 is 11.6 Å². The summed E-state index contributed by atoms with van der Waals surface area (Å²) in [5.74, 6) is -1.71. The zero-order chi connectivity index (χ0) is 13.8. The van der Waals surface area contributed by atoms with E-state index >= 15 is 0 Å². The molecule has 0 aliphatic carbocycles. The molecule has 2 aromatic rings. The molecular formula is C14H14F2N2O. The van der Waals surface area contributed by atoms with Gasteiger partial charge in [-0.25, -0.2) is 8.78 Å². The molecule has 0 aliphatic heterocycles. The minimum Gasteiger partial charge on any atom is -0.352 e. The lowest BCUT2D eigenvalue weighted by atomic mass is 10.1. The highest BCUT2D eigenvalue weighted by Gasteiger charge is 2.16. The largest absolute Gasteiger partial charge is 0.352 e. The zero-order valence-corrected chi connectivity index (χ0v) is 10.4. The molecule has 0 aliphatic rings. The van der Waals surface area contributed by atoms with Crippen molar-refractivity contribution in [3.8, 4) is 0 Å². The molecule has 0 amide bonds. The first-order valence-corrected chi connectivity index (χ1v) is 5.89. The first-order chi connectivity index (χ1) is 9.11. The fraction of sp³-hybridized carbons (Fsp3) is 0.214. The Morgan fingerprint density at radius 3 is 2.53 bits per heavy atom. The Kier molecular flexibility index (Phi) is 4.06. The summed E-state index contributed by atoms with van der Waals surface area (Å²) >= 11 is 0. The van der Waals surface area contributed by atoms with Crippen molar-refractivity contribution >= 4 is 0 Å². The standard InChI is InChI=1S/C14H14F2N2O/c1-17-13(9-18-7-5-10(19)6-8-18)11-3-2-4-12(15)14(11)16/h2-8,13,17H,9H2,1H3. The van der Waals surface area contributed by atoms with Crippen LogP contribution in [-0.2, 0) is 6.54 Å². The summed E-state index contributed by atoms with van der Waals surface area (Å²) in [5, 5.41) is 2.94. The highest BCUT2D eigenvalue weighted by Crippen LogP contribution is 2.20. The van der Waals surface area contributed by atoms with Crippen molar-refractivity contribution in [2.75, 3.05) is 7.05 Å². The van der Waals surface area contributed by atoms with Gasteiger partial charge in [0.1, 0.15) is 0 Å². The maximum absolute atomic E-state index is 13.7. The number of hydrogen-bond donors (Lipinski definition) is 1. The molecule has 3 nitrogen and oxygen atoms in total. The molecule has 1 aromatic carbocycles. The van der Waals surface area contributed by atoms with Gasteiger partial charge in [-0.2, -0.15) is 0 Å². The van der Waals surface area contributed by atoms with Crippen LogP contribution in [-0.4, -0.2) is 11.6 Å². The second kappa shape index (κ2) is 5.75. The summed E-state index contributed by atoms with van der Waals surface area (Å²) in [5.41, 5.74) is 0.176. The van der Waals surface area contributed by atoms with Gasteiger partial charge < -0.3 is 9.88 Å². The number of nitrogens with zero attached hydrogens (tertiary/aromatic N) is 1. The van der Waals surface area contributed by atoms with Gasteiger partial charge >= 0.3 is 0 Å². The number of halogens is 2. The number of benzene rings is 1. The normalized spacial score (nSPS) is 12.4. The molecule has 0 bridgehead atoms. The molecule has 1 atom stereocenters. The zero-order valence-electron chi connectivity index (χ0n) is 10.4. The Balaban J connectivity index is 2.27. The number of aromatic nitrogens is 1. The molecule has 5 heteroatoms. The summed E-state index contributed by atoms with van der Waals surface area (Å²) in [6.07, 6.45) is 3.23. The van der Waals surface area contributed by atoms with E-state index in [0.29, 0.717) is 6.54 Å². The number of likely N-dealkylation sites (N-methyl/N-ethyl adjacent to an activating group) is 1. The summed E-state index contributed by atoms with van der Waals surface area (Å²) < 4.78 is 28.7. The summed E-state index contributed by atoms with van der Waals surface area (Å²) in [7, 11) is 1.68. The number of hydrogen-bond acceptors (Lipinski definition) is 2. The first-order valence-electron chi connectivity index (χ1n) is 5.89. The molecule has 0 radical (unpaired) electrons. The molecule has 0 spiro atoms. The van der Waals surface area contributed by atoms with Gasteiger partial charge in [-0.1, -0.05) is 12.1 Å². The molecule has 0 fully saturated rings. The maximum atomic E-state index is 13.7. The van der Waals surface area contributed by atoms with Crippen molar-refractivity contribution < 1.29 is 8.78 Å². The quantitative estimate of drug-likeness (QED) is 0.917. The molecule has 0 saturated carbocycles. The molecule has 1 aromatic heterocycles. The van der Waals surface area contributed by atoms with Gasteiger partial charge in [0.2, 0.25) is 0 Å². The van der Waals surface area contributed by atoms with Crippen molar-refractivity contribution in [1.29, 1.82) is 0 Å². The van der Waals surface area contributed by atoms with Crippen LogP contribution in [0.1, 0.15) is 11.6 Å². The third kappa shape index (κ3) is 3.06. The molecule has 1 heterocycles. The Morgan fingerprint density at radius 2 is 1.89 bits per heavy atom. The van der Waals surface area contributed by atoms with E-state index in [1.165, 1.54) is 18.2 Å². The fourth-order valence-corrected chi connectivity index (χ4v) is 1.91. The second-order valence-corrected chi connectivity index (χ2v) is 4.21. The fourth-order valence-electron chi connectivity index (χ4n) is 1.91. The molecule has 100 valence electrons. The van der Waals surface area contributed by atoms with Crippen LogP contribution in [0.3, 0.4) is 0 Å². The van der Waals surface area contributed by atoms with E-state index in [-0.39, 0.29) is 17.0 Å². The lowest BCUT2D eigenvalue weighted by Crippen LogP contribution is -2.23. The predicted octanol–water partition coefficient (Wildman–Crippen LogP) is 2.09. The average molecular weight is 264 g/mol. The predicted molar refractivity (Wildman–Crippen MR) is 68.9 cm³/mol. The van der Waals surface area contributed by atoms with Crippen molar-refractivity contribution in [1.82, 2.24) is 9.88 Å². The number of nitrogens with one attached hydrogen (secondary N) is 1. The number of pyridine rings is 1. The molecule has 2 rings (SSSR count). The molecular weight excluding hydrogens is 250 g/mol. The lowest BCUT2D eigenvalue weighted by Gasteiger charge is -2.19. The van der Waals surface area contributed by atoms with Gasteiger partial charge in [0.15, 0.2) is 17.1 Å². The van der Waals surface area contributed by atoms with Crippen LogP contribution >= 0.6 is 0 Å². The average Bonchev–Trinajstić information content (AvgIpc) is 2.42. The van der Waals surface area contributed by atoms with E-state index in [0.717, 1.165) is 6.07 Å². The molecule has 19 heavy (non-hydrogen) atoms. The van der Waals surface area contributed by atoms with Crippen molar-refractivity contribution in [3.63, 3.8) is 0 Å². The van der Waals surface area contributed by atoms with Crippen LogP contribution in [0.4, 0.5) is 8.78 Å². The Morgan fingerprint density at radius 1 is 1.21 bits per heavy atom. The number of rotatable bonds is 4. The third-order valence-corrected chi connectivity index (χ3v) is 2.96. The van der Waals surface area contributed by atoms with Gasteiger partial charge in [-0.3, -0.25) is 4.79 Å². The van der Waals surface area contributed by atoms with E-state index in [1.54, 1.807) is 30.1 Å². The summed E-state index contributed by atoms with van der Waals surface area (Å²) in [6, 6.07) is 6.58.